The van der Waals surface area contributed by atoms with Gasteiger partial charge in [-0.3, -0.25) is 4.90 Å². The molecule has 1 saturated heterocycles. The van der Waals surface area contributed by atoms with Crippen LogP contribution in [0.3, 0.4) is 0 Å². The molecule has 156 valence electrons. The van der Waals surface area contributed by atoms with Gasteiger partial charge in [0.15, 0.2) is 0 Å². The number of likely N-dealkylation sites (tertiary alicyclic amines) is 1. The molecule has 0 bridgehead atoms. The highest BCUT2D eigenvalue weighted by Gasteiger charge is 2.44. The predicted octanol–water partition coefficient (Wildman–Crippen LogP) is 4.90. The van der Waals surface area contributed by atoms with Gasteiger partial charge in [-0.1, -0.05) is 0 Å². The summed E-state index contributed by atoms with van der Waals surface area (Å²) in [6, 6.07) is 0. The van der Waals surface area contributed by atoms with Crippen LogP contribution in [0.15, 0.2) is 0 Å². The lowest BCUT2D eigenvalue weighted by Gasteiger charge is -2.51. The first-order valence-corrected chi connectivity index (χ1v) is 10.1. The maximum absolute atomic E-state index is 6.54. The summed E-state index contributed by atoms with van der Waals surface area (Å²) in [5.74, 6) is 0.272. The summed E-state index contributed by atoms with van der Waals surface area (Å²) in [5.41, 5.74) is -0.489. The number of hydrogen-bond acceptors (Lipinski definition) is 4. The summed E-state index contributed by atoms with van der Waals surface area (Å²) in [6.07, 6.45) is 0.0472. The normalized spacial score (nSPS) is 27.0. The number of nitrogens with zero attached hydrogens (tertiary/aromatic N) is 1. The smallest absolute Gasteiger partial charge is 0.0974 e. The molecule has 0 amide bonds. The first-order chi connectivity index (χ1) is 11.4. The molecular formula is C22H45NO3. The summed E-state index contributed by atoms with van der Waals surface area (Å²) in [6.45, 7) is 28.4. The molecule has 0 radical (unpaired) electrons. The van der Waals surface area contributed by atoms with Gasteiger partial charge in [0.2, 0.25) is 0 Å². The van der Waals surface area contributed by atoms with E-state index >= 15 is 0 Å². The van der Waals surface area contributed by atoms with Crippen LogP contribution in [0.5, 0.6) is 0 Å². The van der Waals surface area contributed by atoms with Crippen LogP contribution in [0.1, 0.15) is 83.1 Å². The third kappa shape index (κ3) is 8.69. The van der Waals surface area contributed by atoms with Crippen molar-refractivity contribution in [3.05, 3.63) is 0 Å². The molecule has 0 aliphatic carbocycles. The lowest BCUT2D eigenvalue weighted by Crippen LogP contribution is -2.62. The van der Waals surface area contributed by atoms with Gasteiger partial charge in [0.05, 0.1) is 35.6 Å². The zero-order valence-electron chi connectivity index (χ0n) is 19.5. The third-order valence-electron chi connectivity index (χ3n) is 4.36. The number of rotatable bonds is 4. The molecular weight excluding hydrogens is 326 g/mol. The van der Waals surface area contributed by atoms with Gasteiger partial charge >= 0.3 is 0 Å². The minimum absolute atomic E-state index is 0.0233. The van der Waals surface area contributed by atoms with E-state index in [0.717, 1.165) is 13.1 Å². The minimum atomic E-state index is -0.214. The molecule has 4 nitrogen and oxygen atoms in total. The van der Waals surface area contributed by atoms with E-state index in [-0.39, 0.29) is 40.5 Å². The van der Waals surface area contributed by atoms with Gasteiger partial charge < -0.3 is 14.2 Å². The van der Waals surface area contributed by atoms with Crippen LogP contribution in [0.25, 0.3) is 0 Å². The monoisotopic (exact) mass is 371 g/mol. The second kappa shape index (κ2) is 8.06. The van der Waals surface area contributed by atoms with E-state index in [2.05, 4.69) is 88.0 Å². The van der Waals surface area contributed by atoms with Gasteiger partial charge in [-0.2, -0.15) is 0 Å². The van der Waals surface area contributed by atoms with Crippen molar-refractivity contribution in [2.45, 2.75) is 118 Å². The highest BCUT2D eigenvalue weighted by Crippen LogP contribution is 2.33. The maximum atomic E-state index is 6.54. The van der Waals surface area contributed by atoms with Gasteiger partial charge in [-0.25, -0.2) is 0 Å². The SMILES string of the molecule is CC(C)(C)OC[C@H]1CN(C(C)(C)C)C[C@@H](OC(C)(C)C)[C@@H]1OC(C)(C)C. The van der Waals surface area contributed by atoms with E-state index in [9.17, 15) is 0 Å². The van der Waals surface area contributed by atoms with E-state index < -0.39 is 0 Å². The van der Waals surface area contributed by atoms with E-state index in [0.29, 0.717) is 6.61 Å². The summed E-state index contributed by atoms with van der Waals surface area (Å²) >= 11 is 0. The Morgan fingerprint density at radius 2 is 1.19 bits per heavy atom. The van der Waals surface area contributed by atoms with Crippen molar-refractivity contribution in [3.63, 3.8) is 0 Å². The Kier molecular flexibility index (Phi) is 7.41. The number of ether oxygens (including phenoxy) is 3. The van der Waals surface area contributed by atoms with Crippen LogP contribution < -0.4 is 0 Å². The molecule has 1 aliphatic rings. The standard InChI is InChI=1S/C22H45NO3/c1-19(2,3)23-13-16(15-24-20(4,5)6)18(26-22(10,11)12)17(14-23)25-21(7,8)9/h16-18H,13-15H2,1-12H3/t16-,17-,18-/m1/s1. The quantitative estimate of drug-likeness (QED) is 0.703. The van der Waals surface area contributed by atoms with Crippen molar-refractivity contribution in [2.75, 3.05) is 19.7 Å². The molecule has 3 atom stereocenters. The third-order valence-corrected chi connectivity index (χ3v) is 4.36. The number of piperidine rings is 1. The topological polar surface area (TPSA) is 30.9 Å². The first kappa shape index (κ1) is 23.9. The Balaban J connectivity index is 3.14. The van der Waals surface area contributed by atoms with Crippen LogP contribution in [0.2, 0.25) is 0 Å². The highest BCUT2D eigenvalue weighted by atomic mass is 16.6. The summed E-state index contributed by atoms with van der Waals surface area (Å²) in [4.78, 5) is 2.52. The van der Waals surface area contributed by atoms with Crippen LogP contribution in [0.4, 0.5) is 0 Å². The fraction of sp³-hybridized carbons (Fsp3) is 1.00. The molecule has 0 spiro atoms. The Morgan fingerprint density at radius 3 is 1.58 bits per heavy atom. The van der Waals surface area contributed by atoms with Gasteiger partial charge in [0.25, 0.3) is 0 Å². The molecule has 4 heteroatoms. The summed E-state index contributed by atoms with van der Waals surface area (Å²) < 4.78 is 19.2. The Morgan fingerprint density at radius 1 is 0.692 bits per heavy atom. The second-order valence-corrected chi connectivity index (χ2v) is 11.7. The fourth-order valence-corrected chi connectivity index (χ4v) is 3.28. The van der Waals surface area contributed by atoms with Crippen molar-refractivity contribution in [2.24, 2.45) is 5.92 Å². The Hall–Kier alpha value is -0.160. The molecule has 1 fully saturated rings. The van der Waals surface area contributed by atoms with Crippen molar-refractivity contribution in [1.29, 1.82) is 0 Å². The Bertz CT molecular complexity index is 434. The van der Waals surface area contributed by atoms with E-state index in [4.69, 9.17) is 14.2 Å². The Labute approximate surface area is 162 Å². The van der Waals surface area contributed by atoms with Gasteiger partial charge in [-0.15, -0.1) is 0 Å². The predicted molar refractivity (Wildman–Crippen MR) is 110 cm³/mol. The molecule has 0 aromatic carbocycles. The molecule has 0 unspecified atom stereocenters. The number of hydrogen-bond donors (Lipinski definition) is 0. The maximum Gasteiger partial charge on any atom is 0.0974 e. The average Bonchev–Trinajstić information content (AvgIpc) is 2.33. The van der Waals surface area contributed by atoms with Crippen LogP contribution in [-0.4, -0.2) is 59.1 Å². The van der Waals surface area contributed by atoms with Crippen molar-refractivity contribution in [3.8, 4) is 0 Å². The summed E-state index contributed by atoms with van der Waals surface area (Å²) in [5, 5.41) is 0. The highest BCUT2D eigenvalue weighted by molar-refractivity contribution is 4.95. The van der Waals surface area contributed by atoms with Crippen LogP contribution >= 0.6 is 0 Å². The van der Waals surface area contributed by atoms with Gasteiger partial charge in [0.1, 0.15) is 0 Å². The van der Waals surface area contributed by atoms with Gasteiger partial charge in [0, 0.05) is 24.5 Å². The average molecular weight is 372 g/mol. The van der Waals surface area contributed by atoms with Crippen molar-refractivity contribution in [1.82, 2.24) is 4.90 Å². The first-order valence-electron chi connectivity index (χ1n) is 10.1. The molecule has 0 saturated carbocycles. The van der Waals surface area contributed by atoms with Crippen LogP contribution in [-0.2, 0) is 14.2 Å². The van der Waals surface area contributed by atoms with E-state index in [1.807, 2.05) is 0 Å². The zero-order valence-corrected chi connectivity index (χ0v) is 19.5. The molecule has 0 aromatic rings. The molecule has 1 heterocycles. The minimum Gasteiger partial charge on any atom is -0.375 e. The van der Waals surface area contributed by atoms with Crippen molar-refractivity contribution < 1.29 is 14.2 Å². The fourth-order valence-electron chi connectivity index (χ4n) is 3.28. The molecule has 26 heavy (non-hydrogen) atoms. The van der Waals surface area contributed by atoms with E-state index in [1.165, 1.54) is 0 Å². The van der Waals surface area contributed by atoms with Crippen molar-refractivity contribution >= 4 is 0 Å². The summed E-state index contributed by atoms with van der Waals surface area (Å²) in [7, 11) is 0. The zero-order chi connectivity index (χ0) is 20.6. The molecule has 1 rings (SSSR count). The molecule has 0 aromatic heterocycles. The van der Waals surface area contributed by atoms with Crippen LogP contribution in [0, 0.1) is 5.92 Å². The largest absolute Gasteiger partial charge is 0.375 e. The lowest BCUT2D eigenvalue weighted by molar-refractivity contribution is -0.219. The van der Waals surface area contributed by atoms with E-state index in [1.54, 1.807) is 0 Å². The molecule has 0 N–H and O–H groups in total. The lowest BCUT2D eigenvalue weighted by atomic mass is 9.88. The molecule has 1 aliphatic heterocycles. The second-order valence-electron chi connectivity index (χ2n) is 11.7. The van der Waals surface area contributed by atoms with Gasteiger partial charge in [-0.05, 0) is 83.1 Å².